The summed E-state index contributed by atoms with van der Waals surface area (Å²) in [5.41, 5.74) is -0.00420. The van der Waals surface area contributed by atoms with Crippen LogP contribution in [0.3, 0.4) is 0 Å². The van der Waals surface area contributed by atoms with Crippen molar-refractivity contribution in [2.24, 2.45) is 0 Å². The van der Waals surface area contributed by atoms with Crippen LogP contribution in [0.1, 0.15) is 39.2 Å². The number of halogens is 2. The van der Waals surface area contributed by atoms with Gasteiger partial charge in [0.15, 0.2) is 0 Å². The number of carboxylic acid groups (broad SMARTS) is 1. The number of hydrogen-bond donors (Lipinski definition) is 2. The highest BCUT2D eigenvalue weighted by Crippen LogP contribution is 2.39. The normalized spacial score (nSPS) is 13.9. The quantitative estimate of drug-likeness (QED) is 0.144. The summed E-state index contributed by atoms with van der Waals surface area (Å²) in [7, 11) is 0. The van der Waals surface area contributed by atoms with E-state index in [-0.39, 0.29) is 55.2 Å². The van der Waals surface area contributed by atoms with Crippen molar-refractivity contribution in [3.63, 3.8) is 0 Å². The number of aliphatic carboxylic acids is 1. The molecule has 0 spiro atoms. The lowest BCUT2D eigenvalue weighted by atomic mass is 10.1. The lowest BCUT2D eigenvalue weighted by Crippen LogP contribution is -2.56. The average molecular weight is 700 g/mol. The van der Waals surface area contributed by atoms with Gasteiger partial charge < -0.3 is 34.4 Å². The van der Waals surface area contributed by atoms with Crippen LogP contribution in [-0.2, 0) is 25.6 Å². The van der Waals surface area contributed by atoms with E-state index in [1.165, 1.54) is 17.0 Å². The molecule has 15 heteroatoms. The number of nitrogens with one attached hydrogen (secondary N) is 1. The Kier molecular flexibility index (Phi) is 12.6. The van der Waals surface area contributed by atoms with Gasteiger partial charge in [-0.25, -0.2) is 14.4 Å². The van der Waals surface area contributed by atoms with Crippen LogP contribution >= 0.6 is 27.5 Å². The largest absolute Gasteiger partial charge is 0.480 e. The van der Waals surface area contributed by atoms with E-state index in [0.717, 1.165) is 5.56 Å². The van der Waals surface area contributed by atoms with Gasteiger partial charge in [-0.15, -0.1) is 0 Å². The fourth-order valence-electron chi connectivity index (χ4n) is 4.31. The van der Waals surface area contributed by atoms with Crippen LogP contribution in [0.5, 0.6) is 0 Å². The topological polar surface area (TPSA) is 161 Å². The number of anilines is 1. The van der Waals surface area contributed by atoms with Crippen LogP contribution < -0.4 is 10.2 Å². The van der Waals surface area contributed by atoms with Gasteiger partial charge in [-0.2, -0.15) is 0 Å². The van der Waals surface area contributed by atoms with Gasteiger partial charge in [-0.1, -0.05) is 57.9 Å². The first kappa shape index (κ1) is 34.9. The Labute approximate surface area is 268 Å². The molecule has 1 saturated heterocycles. The second-order valence-corrected chi connectivity index (χ2v) is 12.4. The molecule has 0 saturated carbocycles. The first-order valence-electron chi connectivity index (χ1n) is 13.9. The highest BCUT2D eigenvalue weighted by atomic mass is 79.9. The molecule has 1 unspecified atom stereocenters. The third kappa shape index (κ3) is 10.8. The standard InChI is InChI=1S/C29H36BrClN4O9/c1-29(2,3)44-28(39)34-16-21(17-34)42-13-7-11-33(25-22(31)14-20(30)15-24(25)35(40)41)12-10-23(26(36)37)32-27(38)43-18-19-8-5-4-6-9-19/h4-6,8-9,14-15,21,23H,7,10-13,16-18H2,1-3H3,(H,32,38)(H,36,37). The summed E-state index contributed by atoms with van der Waals surface area (Å²) in [4.78, 5) is 51.0. The van der Waals surface area contributed by atoms with Crippen LogP contribution in [-0.4, -0.2) is 83.6 Å². The Morgan fingerprint density at radius 3 is 2.50 bits per heavy atom. The third-order valence-corrected chi connectivity index (χ3v) is 7.18. The van der Waals surface area contributed by atoms with Crippen LogP contribution in [0.4, 0.5) is 21.0 Å². The molecule has 2 aromatic carbocycles. The minimum atomic E-state index is -1.33. The highest BCUT2D eigenvalue weighted by molar-refractivity contribution is 9.10. The number of likely N-dealkylation sites (tertiary alicyclic amines) is 1. The Morgan fingerprint density at radius 1 is 1.20 bits per heavy atom. The predicted molar refractivity (Wildman–Crippen MR) is 166 cm³/mol. The summed E-state index contributed by atoms with van der Waals surface area (Å²) in [6, 6.07) is 10.4. The predicted octanol–water partition coefficient (Wildman–Crippen LogP) is 5.61. The number of rotatable bonds is 14. The van der Waals surface area contributed by atoms with E-state index in [1.54, 1.807) is 49.9 Å². The fourth-order valence-corrected chi connectivity index (χ4v) is 5.23. The molecule has 2 aromatic rings. The molecule has 44 heavy (non-hydrogen) atoms. The maximum absolute atomic E-state index is 12.3. The minimum absolute atomic E-state index is 0.00791. The zero-order valence-corrected chi connectivity index (χ0v) is 27.0. The number of carboxylic acids is 1. The van der Waals surface area contributed by atoms with Gasteiger partial charge in [-0.05, 0) is 45.2 Å². The zero-order valence-electron chi connectivity index (χ0n) is 24.7. The molecule has 1 fully saturated rings. The number of nitro groups is 1. The second-order valence-electron chi connectivity index (χ2n) is 11.1. The number of nitrogens with zero attached hydrogens (tertiary/aromatic N) is 3. The molecule has 0 bridgehead atoms. The summed E-state index contributed by atoms with van der Waals surface area (Å²) >= 11 is 9.68. The van der Waals surface area contributed by atoms with E-state index in [2.05, 4.69) is 21.2 Å². The van der Waals surface area contributed by atoms with Crippen molar-refractivity contribution in [3.05, 3.63) is 67.6 Å². The van der Waals surface area contributed by atoms with Crippen LogP contribution in [0, 0.1) is 10.1 Å². The number of amides is 2. The molecule has 0 aliphatic carbocycles. The molecule has 3 rings (SSSR count). The van der Waals surface area contributed by atoms with Crippen LogP contribution in [0.15, 0.2) is 46.9 Å². The van der Waals surface area contributed by atoms with Crippen LogP contribution in [0.25, 0.3) is 0 Å². The molecule has 1 aliphatic heterocycles. The molecular weight excluding hydrogens is 664 g/mol. The van der Waals surface area contributed by atoms with Crippen molar-refractivity contribution in [1.29, 1.82) is 0 Å². The van der Waals surface area contributed by atoms with Gasteiger partial charge in [0.2, 0.25) is 0 Å². The van der Waals surface area contributed by atoms with E-state index in [9.17, 15) is 29.6 Å². The Hall–Kier alpha value is -3.62. The number of carbonyl (C=O) groups excluding carboxylic acids is 2. The van der Waals surface area contributed by atoms with Crippen LogP contribution in [0.2, 0.25) is 5.02 Å². The summed E-state index contributed by atoms with van der Waals surface area (Å²) < 4.78 is 16.8. The Morgan fingerprint density at radius 2 is 1.89 bits per heavy atom. The van der Waals surface area contributed by atoms with E-state index in [1.807, 2.05) is 6.07 Å². The first-order valence-corrected chi connectivity index (χ1v) is 15.1. The van der Waals surface area contributed by atoms with Crippen molar-refractivity contribution in [2.75, 3.05) is 37.7 Å². The fraction of sp³-hybridized carbons (Fsp3) is 0.483. The number of hydrogen-bond acceptors (Lipinski definition) is 9. The molecule has 13 nitrogen and oxygen atoms in total. The van der Waals surface area contributed by atoms with Gasteiger partial charge in [0, 0.05) is 30.2 Å². The Bertz CT molecular complexity index is 1320. The van der Waals surface area contributed by atoms with Gasteiger partial charge in [0.1, 0.15) is 23.9 Å². The summed E-state index contributed by atoms with van der Waals surface area (Å²) in [6.07, 6.45) is -1.19. The van der Waals surface area contributed by atoms with E-state index in [4.69, 9.17) is 25.8 Å². The zero-order chi connectivity index (χ0) is 32.4. The van der Waals surface area contributed by atoms with E-state index < -0.39 is 34.7 Å². The number of carbonyl (C=O) groups is 3. The minimum Gasteiger partial charge on any atom is -0.480 e. The van der Waals surface area contributed by atoms with Crippen molar-refractivity contribution in [2.45, 2.75) is 58.0 Å². The summed E-state index contributed by atoms with van der Waals surface area (Å²) in [5.74, 6) is -1.29. The van der Waals surface area contributed by atoms with Gasteiger partial charge in [0.05, 0.1) is 29.1 Å². The van der Waals surface area contributed by atoms with E-state index >= 15 is 0 Å². The second kappa shape index (κ2) is 15.9. The number of ether oxygens (including phenoxy) is 3. The molecule has 1 heterocycles. The van der Waals surface area contributed by atoms with E-state index in [0.29, 0.717) is 24.0 Å². The Balaban J connectivity index is 1.62. The van der Waals surface area contributed by atoms with Gasteiger partial charge in [-0.3, -0.25) is 10.1 Å². The van der Waals surface area contributed by atoms with Crippen molar-refractivity contribution < 1.29 is 38.6 Å². The number of alkyl carbamates (subject to hydrolysis) is 1. The molecule has 240 valence electrons. The average Bonchev–Trinajstić information content (AvgIpc) is 2.90. The smallest absolute Gasteiger partial charge is 0.410 e. The molecule has 2 amide bonds. The first-order chi connectivity index (χ1) is 20.7. The number of nitro benzene ring substituents is 1. The van der Waals surface area contributed by atoms with Gasteiger partial charge >= 0.3 is 18.2 Å². The third-order valence-electron chi connectivity index (χ3n) is 6.44. The molecule has 1 aliphatic rings. The molecule has 1 atom stereocenters. The molecular formula is C29H36BrClN4O9. The summed E-state index contributed by atoms with van der Waals surface area (Å²) in [5, 5.41) is 24.1. The molecule has 0 aromatic heterocycles. The molecule has 2 N–H and O–H groups in total. The van der Waals surface area contributed by atoms with Crippen molar-refractivity contribution >= 4 is 57.1 Å². The monoisotopic (exact) mass is 698 g/mol. The maximum Gasteiger partial charge on any atom is 0.410 e. The highest BCUT2D eigenvalue weighted by Gasteiger charge is 2.34. The number of benzene rings is 2. The lowest BCUT2D eigenvalue weighted by molar-refractivity contribution is -0.384. The summed E-state index contributed by atoms with van der Waals surface area (Å²) in [6.45, 7) is 6.62. The lowest BCUT2D eigenvalue weighted by Gasteiger charge is -2.39. The maximum atomic E-state index is 12.3. The van der Waals surface area contributed by atoms with Gasteiger partial charge in [0.25, 0.3) is 5.69 Å². The SMILES string of the molecule is CC(C)(C)OC(=O)N1CC(OCCCN(CCC(NC(=O)OCc2ccccc2)C(=O)O)c2c(Cl)cc(Br)cc2[N+](=O)[O-])C1. The van der Waals surface area contributed by atoms with Crippen molar-refractivity contribution in [3.8, 4) is 0 Å². The van der Waals surface area contributed by atoms with Crippen molar-refractivity contribution in [1.82, 2.24) is 10.2 Å². The molecule has 0 radical (unpaired) electrons.